The van der Waals surface area contributed by atoms with Crippen LogP contribution in [0.25, 0.3) is 0 Å². The summed E-state index contributed by atoms with van der Waals surface area (Å²) in [5, 5.41) is 16.6. The molecule has 5 N–H and O–H groups in total. The van der Waals surface area contributed by atoms with Crippen LogP contribution >= 0.6 is 11.3 Å². The topological polar surface area (TPSA) is 169 Å². The van der Waals surface area contributed by atoms with Gasteiger partial charge in [0.15, 0.2) is 0 Å². The van der Waals surface area contributed by atoms with Crippen LogP contribution in [0.2, 0.25) is 0 Å². The molecule has 0 aliphatic rings. The Bertz CT molecular complexity index is 1730. The van der Waals surface area contributed by atoms with Crippen molar-refractivity contribution in [3.05, 3.63) is 87.6 Å². The number of rotatable bonds is 18. The Kier molecular flexibility index (Phi) is 15.1. The summed E-state index contributed by atoms with van der Waals surface area (Å²) in [7, 11) is 0.183. The van der Waals surface area contributed by atoms with Gasteiger partial charge in [0.05, 0.1) is 17.8 Å². The Morgan fingerprint density at radius 3 is 1.98 bits per heavy atom. The van der Waals surface area contributed by atoms with Gasteiger partial charge in [-0.15, -0.1) is 11.3 Å². The van der Waals surface area contributed by atoms with Crippen LogP contribution in [0.1, 0.15) is 71.8 Å². The lowest BCUT2D eigenvalue weighted by atomic mass is 10.0. The molecule has 0 aliphatic heterocycles. The fraction of sp³-hybridized carbons (Fsp3) is 0.444. The van der Waals surface area contributed by atoms with Crippen LogP contribution < -0.4 is 30.9 Å². The second-order valence-corrected chi connectivity index (χ2v) is 16.0. The standard InChI is InChI=1S/C36H51N7O6S2/c1-9-37-36(47)32(23(2)3)41-33(44)25(5)38-22-29(21-31-16-13-17-50-31)40-35(46)28-18-27(19-30(20-28)43(8)51(48,49)42(6)7)34(45)39-24(4)26-14-11-10-12-15-26/h10-20,23-25,29,32,38H,9,21-22H2,1-8H3,(H,37,47)(H,39,45)(H,40,46)(H,41,44)/t24-,25+,29+,32+/m1/s1. The molecule has 51 heavy (non-hydrogen) atoms. The molecule has 0 fully saturated rings. The highest BCUT2D eigenvalue weighted by molar-refractivity contribution is 7.90. The van der Waals surface area contributed by atoms with Gasteiger partial charge in [-0.25, -0.2) is 0 Å². The Hall–Kier alpha value is -4.31. The summed E-state index contributed by atoms with van der Waals surface area (Å²) < 4.78 is 28.2. The highest BCUT2D eigenvalue weighted by atomic mass is 32.2. The van der Waals surface area contributed by atoms with Crippen LogP contribution in [0.4, 0.5) is 5.69 Å². The lowest BCUT2D eigenvalue weighted by Crippen LogP contribution is -2.55. The van der Waals surface area contributed by atoms with Crippen LogP contribution in [0, 0.1) is 5.92 Å². The molecule has 4 atom stereocenters. The van der Waals surface area contributed by atoms with E-state index in [1.165, 1.54) is 50.7 Å². The fourth-order valence-corrected chi connectivity index (χ4v) is 6.81. The molecule has 0 unspecified atom stereocenters. The zero-order valence-corrected chi connectivity index (χ0v) is 32.2. The summed E-state index contributed by atoms with van der Waals surface area (Å²) >= 11 is 1.52. The van der Waals surface area contributed by atoms with E-state index in [0.717, 1.165) is 19.1 Å². The van der Waals surface area contributed by atoms with Crippen molar-refractivity contribution in [3.63, 3.8) is 0 Å². The normalized spacial score (nSPS) is 13.9. The number of amides is 4. The number of nitrogens with zero attached hydrogens (tertiary/aromatic N) is 2. The van der Waals surface area contributed by atoms with Gasteiger partial charge in [-0.3, -0.25) is 23.5 Å². The van der Waals surface area contributed by atoms with Crippen molar-refractivity contribution in [1.29, 1.82) is 0 Å². The van der Waals surface area contributed by atoms with Crippen LogP contribution in [0.3, 0.4) is 0 Å². The van der Waals surface area contributed by atoms with Gasteiger partial charge >= 0.3 is 10.2 Å². The zero-order valence-electron chi connectivity index (χ0n) is 30.5. The molecule has 3 rings (SSSR count). The number of carbonyl (C=O) groups is 4. The van der Waals surface area contributed by atoms with Crippen molar-refractivity contribution in [2.45, 2.75) is 65.2 Å². The number of likely N-dealkylation sites (N-methyl/N-ethyl adjacent to an activating group) is 1. The number of hydrogen-bond acceptors (Lipinski definition) is 8. The van der Waals surface area contributed by atoms with Crippen LogP contribution in [-0.4, -0.2) is 88.7 Å². The number of thiophene rings is 1. The van der Waals surface area contributed by atoms with E-state index in [4.69, 9.17) is 0 Å². The average molecular weight is 742 g/mol. The van der Waals surface area contributed by atoms with Crippen molar-refractivity contribution in [2.24, 2.45) is 5.92 Å². The summed E-state index contributed by atoms with van der Waals surface area (Å²) in [4.78, 5) is 54.1. The molecule has 0 saturated heterocycles. The smallest absolute Gasteiger partial charge is 0.303 e. The minimum Gasteiger partial charge on any atom is -0.355 e. The molecule has 0 spiro atoms. The molecule has 13 nitrogen and oxygen atoms in total. The summed E-state index contributed by atoms with van der Waals surface area (Å²) in [6.45, 7) is 9.67. The number of benzene rings is 2. The Balaban J connectivity index is 1.88. The monoisotopic (exact) mass is 741 g/mol. The highest BCUT2D eigenvalue weighted by Gasteiger charge is 2.28. The zero-order chi connectivity index (χ0) is 37.9. The molecule has 0 saturated carbocycles. The van der Waals surface area contributed by atoms with E-state index < -0.39 is 40.1 Å². The minimum atomic E-state index is -3.96. The van der Waals surface area contributed by atoms with Crippen LogP contribution in [0.15, 0.2) is 66.0 Å². The molecule has 3 aromatic rings. The highest BCUT2D eigenvalue weighted by Crippen LogP contribution is 2.23. The van der Waals surface area contributed by atoms with E-state index in [9.17, 15) is 27.6 Å². The predicted molar refractivity (Wildman–Crippen MR) is 202 cm³/mol. The third kappa shape index (κ3) is 11.6. The van der Waals surface area contributed by atoms with Gasteiger partial charge in [0, 0.05) is 62.7 Å². The maximum Gasteiger partial charge on any atom is 0.303 e. The van der Waals surface area contributed by atoms with Crippen molar-refractivity contribution < 1.29 is 27.6 Å². The fourth-order valence-electron chi connectivity index (χ4n) is 5.16. The molecular weight excluding hydrogens is 691 g/mol. The van der Waals surface area contributed by atoms with Crippen molar-refractivity contribution >= 4 is 50.9 Å². The summed E-state index contributed by atoms with van der Waals surface area (Å²) in [6, 6.07) is 15.3. The molecular formula is C36H51N7O6S2. The van der Waals surface area contributed by atoms with Gasteiger partial charge in [-0.05, 0) is 61.9 Å². The second-order valence-electron chi connectivity index (χ2n) is 12.8. The SMILES string of the molecule is CCNC(=O)[C@@H](NC(=O)[C@H](C)NC[C@H](Cc1cccs1)NC(=O)c1cc(C(=O)N[C@H](C)c2ccccc2)cc(N(C)S(=O)(=O)N(C)C)c1)C(C)C. The number of nitrogens with one attached hydrogen (secondary N) is 5. The molecule has 0 bridgehead atoms. The summed E-state index contributed by atoms with van der Waals surface area (Å²) in [5.41, 5.74) is 1.18. The second kappa shape index (κ2) is 18.8. The van der Waals surface area contributed by atoms with E-state index in [1.807, 2.05) is 75.5 Å². The van der Waals surface area contributed by atoms with E-state index in [0.29, 0.717) is 13.0 Å². The summed E-state index contributed by atoms with van der Waals surface area (Å²) in [5.74, 6) is -1.77. The minimum absolute atomic E-state index is 0.0782. The third-order valence-corrected chi connectivity index (χ3v) is 11.0. The maximum absolute atomic E-state index is 13.9. The lowest BCUT2D eigenvalue weighted by molar-refractivity contribution is -0.130. The molecule has 0 aliphatic carbocycles. The first-order chi connectivity index (χ1) is 24.0. The Labute approximate surface area is 305 Å². The van der Waals surface area contributed by atoms with E-state index >= 15 is 0 Å². The molecule has 15 heteroatoms. The quantitative estimate of drug-likeness (QED) is 0.134. The molecule has 2 aromatic carbocycles. The van der Waals surface area contributed by atoms with Crippen molar-refractivity contribution in [2.75, 3.05) is 38.5 Å². The first kappa shape index (κ1) is 41.1. The van der Waals surface area contributed by atoms with Gasteiger partial charge in [-0.2, -0.15) is 12.7 Å². The van der Waals surface area contributed by atoms with E-state index in [-0.39, 0.29) is 47.1 Å². The Morgan fingerprint density at radius 1 is 0.804 bits per heavy atom. The molecule has 0 radical (unpaired) electrons. The average Bonchev–Trinajstić information content (AvgIpc) is 3.61. The van der Waals surface area contributed by atoms with Gasteiger partial charge in [0.1, 0.15) is 6.04 Å². The van der Waals surface area contributed by atoms with E-state index in [2.05, 4.69) is 26.6 Å². The predicted octanol–water partition coefficient (Wildman–Crippen LogP) is 3.08. The van der Waals surface area contributed by atoms with E-state index in [1.54, 1.807) is 6.92 Å². The number of hydrogen-bond donors (Lipinski definition) is 5. The largest absolute Gasteiger partial charge is 0.355 e. The van der Waals surface area contributed by atoms with Gasteiger partial charge in [0.25, 0.3) is 11.8 Å². The lowest BCUT2D eigenvalue weighted by Gasteiger charge is -2.26. The maximum atomic E-state index is 13.9. The van der Waals surface area contributed by atoms with Gasteiger partial charge in [0.2, 0.25) is 11.8 Å². The number of anilines is 1. The first-order valence-corrected chi connectivity index (χ1v) is 19.1. The molecule has 1 heterocycles. The van der Waals surface area contributed by atoms with Crippen molar-refractivity contribution in [1.82, 2.24) is 30.9 Å². The molecule has 278 valence electrons. The van der Waals surface area contributed by atoms with Gasteiger partial charge < -0.3 is 26.6 Å². The number of carbonyl (C=O) groups excluding carboxylic acids is 4. The molecule has 1 aromatic heterocycles. The third-order valence-electron chi connectivity index (χ3n) is 8.28. The van der Waals surface area contributed by atoms with Crippen LogP contribution in [-0.2, 0) is 26.2 Å². The van der Waals surface area contributed by atoms with Crippen molar-refractivity contribution in [3.8, 4) is 0 Å². The molecule has 4 amide bonds. The van der Waals surface area contributed by atoms with Crippen LogP contribution in [0.5, 0.6) is 0 Å². The first-order valence-electron chi connectivity index (χ1n) is 16.9. The summed E-state index contributed by atoms with van der Waals surface area (Å²) in [6.07, 6.45) is 0.439. The van der Waals surface area contributed by atoms with Gasteiger partial charge in [-0.1, -0.05) is 50.2 Å². The Morgan fingerprint density at radius 2 is 1.43 bits per heavy atom.